The number of unbranched alkanes of at least 4 members (excludes halogenated alkanes) is 53. The first kappa shape index (κ1) is 72.2. The Bertz CT molecular complexity index is 1180. The Labute approximate surface area is 477 Å². The molecule has 1 aromatic rings. The van der Waals surface area contributed by atoms with Gasteiger partial charge in [-0.3, -0.25) is 0 Å². The fraction of sp³-hybridized carbons (Fsp3) is 0.907. The molecule has 75 heavy (non-hydrogen) atoms. The molecule has 0 saturated heterocycles. The molecular weight excluding hydrogens is 901 g/mol. The molecule has 443 valence electrons. The average Bonchev–Trinajstić information content (AvgIpc) is 3.42. The molecule has 1 rings (SSSR count). The highest BCUT2D eigenvalue weighted by molar-refractivity contribution is 5.45. The van der Waals surface area contributed by atoms with Crippen molar-refractivity contribution < 1.29 is 0 Å². The summed E-state index contributed by atoms with van der Waals surface area (Å²) >= 11 is 0. The van der Waals surface area contributed by atoms with E-state index in [4.69, 9.17) is 0 Å². The van der Waals surface area contributed by atoms with E-state index < -0.39 is 0 Å². The highest BCUT2D eigenvalue weighted by Gasteiger charge is 2.18. The van der Waals surface area contributed by atoms with Gasteiger partial charge in [0.05, 0.1) is 0 Å². The lowest BCUT2D eigenvalue weighted by Gasteiger charge is -2.23. The van der Waals surface area contributed by atoms with Crippen molar-refractivity contribution >= 4 is 0 Å². The van der Waals surface area contributed by atoms with Gasteiger partial charge in [0, 0.05) is 5.92 Å². The fourth-order valence-electron chi connectivity index (χ4n) is 12.6. The zero-order valence-corrected chi connectivity index (χ0v) is 53.2. The lowest BCUT2D eigenvalue weighted by Crippen LogP contribution is -2.08. The number of benzene rings is 1. The summed E-state index contributed by atoms with van der Waals surface area (Å²) in [7, 11) is 0. The van der Waals surface area contributed by atoms with Gasteiger partial charge in [-0.1, -0.05) is 400 Å². The molecule has 0 bridgehead atoms. The van der Waals surface area contributed by atoms with Gasteiger partial charge in [0.15, 0.2) is 0 Å². The van der Waals surface area contributed by atoms with Crippen LogP contribution in [0.5, 0.6) is 0 Å². The summed E-state index contributed by atoms with van der Waals surface area (Å²) in [6.07, 6.45) is 90.9. The average molecular weight is 1040 g/mol. The van der Waals surface area contributed by atoms with Gasteiger partial charge in [-0.25, -0.2) is 0 Å². The normalized spacial score (nSPS) is 11.8. The van der Waals surface area contributed by atoms with E-state index in [2.05, 4.69) is 46.8 Å². The summed E-state index contributed by atoms with van der Waals surface area (Å²) in [6, 6.07) is 5.46. The maximum atomic E-state index is 2.73. The molecule has 0 unspecified atom stereocenters. The van der Waals surface area contributed by atoms with E-state index in [-0.39, 0.29) is 0 Å². The van der Waals surface area contributed by atoms with Gasteiger partial charge < -0.3 is 0 Å². The molecule has 0 saturated carbocycles. The Morgan fingerprint density at radius 2 is 0.373 bits per heavy atom. The molecule has 0 aromatic heterocycles. The largest absolute Gasteiger partial charge is 0.0654 e. The third kappa shape index (κ3) is 48.8. The topological polar surface area (TPSA) is 0 Å². The predicted octanol–water partition coefficient (Wildman–Crippen LogP) is 27.7. The van der Waals surface area contributed by atoms with Crippen molar-refractivity contribution in [2.24, 2.45) is 0 Å². The monoisotopic (exact) mass is 1040 g/mol. The SMILES string of the molecule is CCCCCCCCCCCCCCCCCCCCCCCCCCCCC[C](CCCCCCCCCCCCCCCCCCCCCCCCCCC)c1cc(CCCC)c(CCCC)c(CCCC)c1. The first-order valence-corrected chi connectivity index (χ1v) is 36.2. The standard InChI is InChI=1S/C75H143/c1-6-11-16-18-20-22-24-26-28-30-32-34-36-38-39-41-43-45-47-49-51-53-55-57-59-61-63-67-71(74-69-72(64-13-8-3)75(68-15-10-5)73(70-74)65-14-9-4)66-62-60-58-56-54-52-50-48-46-44-42-40-37-35-33-31-29-27-25-23-21-19-17-12-7-2/h69-70H,6-68H2,1-5H3. The van der Waals surface area contributed by atoms with Crippen LogP contribution in [0.4, 0.5) is 0 Å². The molecule has 0 atom stereocenters. The van der Waals surface area contributed by atoms with Crippen LogP contribution in [0.2, 0.25) is 0 Å². The molecule has 0 aliphatic rings. The van der Waals surface area contributed by atoms with Gasteiger partial charge in [-0.15, -0.1) is 0 Å². The van der Waals surface area contributed by atoms with Crippen LogP contribution in [0.25, 0.3) is 0 Å². The van der Waals surface area contributed by atoms with Crippen molar-refractivity contribution in [2.75, 3.05) is 0 Å². The Kier molecular flexibility index (Phi) is 58.6. The number of aryl methyl sites for hydroxylation is 2. The van der Waals surface area contributed by atoms with Gasteiger partial charge in [0.2, 0.25) is 0 Å². The molecule has 0 amide bonds. The summed E-state index contributed by atoms with van der Waals surface area (Å²) in [5, 5.41) is 0. The second-order valence-corrected chi connectivity index (χ2v) is 25.4. The molecule has 0 spiro atoms. The van der Waals surface area contributed by atoms with Crippen molar-refractivity contribution in [3.05, 3.63) is 40.3 Å². The van der Waals surface area contributed by atoms with E-state index in [0.717, 1.165) is 0 Å². The van der Waals surface area contributed by atoms with Gasteiger partial charge in [-0.2, -0.15) is 0 Å². The summed E-state index contributed by atoms with van der Waals surface area (Å²) < 4.78 is 0. The summed E-state index contributed by atoms with van der Waals surface area (Å²) in [5.74, 6) is 1.82. The van der Waals surface area contributed by atoms with E-state index in [1.165, 1.54) is 405 Å². The van der Waals surface area contributed by atoms with Gasteiger partial charge in [0.25, 0.3) is 0 Å². The molecule has 0 aliphatic heterocycles. The van der Waals surface area contributed by atoms with Crippen LogP contribution in [-0.2, 0) is 19.3 Å². The van der Waals surface area contributed by atoms with E-state index >= 15 is 0 Å². The molecular formula is C75H143. The van der Waals surface area contributed by atoms with Gasteiger partial charge in [-0.05, 0) is 73.6 Å². The summed E-state index contributed by atoms with van der Waals surface area (Å²) in [5.41, 5.74) is 6.86. The first-order valence-electron chi connectivity index (χ1n) is 36.2. The molecule has 0 fully saturated rings. The van der Waals surface area contributed by atoms with Crippen molar-refractivity contribution in [3.8, 4) is 0 Å². The van der Waals surface area contributed by atoms with Crippen LogP contribution < -0.4 is 0 Å². The minimum absolute atomic E-state index is 1.29. The quantitative estimate of drug-likeness (QED) is 0.0571. The Morgan fingerprint density at radius 3 is 0.573 bits per heavy atom. The minimum Gasteiger partial charge on any atom is -0.0654 e. The van der Waals surface area contributed by atoms with Crippen molar-refractivity contribution in [1.29, 1.82) is 0 Å². The van der Waals surface area contributed by atoms with Crippen molar-refractivity contribution in [3.63, 3.8) is 0 Å². The molecule has 1 radical (unpaired) electrons. The third-order valence-corrected chi connectivity index (χ3v) is 17.9. The highest BCUT2D eigenvalue weighted by atomic mass is 14.2. The lowest BCUT2D eigenvalue weighted by atomic mass is 9.82. The predicted molar refractivity (Wildman–Crippen MR) is 345 cm³/mol. The summed E-state index contributed by atoms with van der Waals surface area (Å²) in [6.45, 7) is 11.8. The molecule has 0 heterocycles. The smallest absolute Gasteiger partial charge is 0.00500 e. The molecule has 0 N–H and O–H groups in total. The lowest BCUT2D eigenvalue weighted by molar-refractivity contribution is 0.512. The van der Waals surface area contributed by atoms with Gasteiger partial charge in [0.1, 0.15) is 0 Å². The Hall–Kier alpha value is -0.780. The van der Waals surface area contributed by atoms with Crippen LogP contribution in [0.1, 0.15) is 442 Å². The molecule has 0 aliphatic carbocycles. The van der Waals surface area contributed by atoms with E-state index in [1.54, 1.807) is 22.3 Å². The Morgan fingerprint density at radius 1 is 0.200 bits per heavy atom. The minimum atomic E-state index is 1.29. The van der Waals surface area contributed by atoms with Gasteiger partial charge >= 0.3 is 0 Å². The zero-order valence-electron chi connectivity index (χ0n) is 53.2. The number of hydrogen-bond acceptors (Lipinski definition) is 0. The maximum Gasteiger partial charge on any atom is 0.00500 e. The van der Waals surface area contributed by atoms with Crippen LogP contribution >= 0.6 is 0 Å². The van der Waals surface area contributed by atoms with E-state index in [9.17, 15) is 0 Å². The first-order chi connectivity index (χ1) is 37.2. The van der Waals surface area contributed by atoms with E-state index in [0.29, 0.717) is 0 Å². The fourth-order valence-corrected chi connectivity index (χ4v) is 12.6. The highest BCUT2D eigenvalue weighted by Crippen LogP contribution is 2.33. The summed E-state index contributed by atoms with van der Waals surface area (Å²) in [4.78, 5) is 0. The number of rotatable bonds is 64. The van der Waals surface area contributed by atoms with E-state index in [1.807, 2.05) is 5.92 Å². The van der Waals surface area contributed by atoms with Crippen LogP contribution in [0.15, 0.2) is 12.1 Å². The number of hydrogen-bond donors (Lipinski definition) is 0. The zero-order chi connectivity index (χ0) is 53.8. The molecule has 0 nitrogen and oxygen atoms in total. The van der Waals surface area contributed by atoms with Crippen LogP contribution in [-0.4, -0.2) is 0 Å². The van der Waals surface area contributed by atoms with Crippen molar-refractivity contribution in [1.82, 2.24) is 0 Å². The second kappa shape index (κ2) is 60.9. The Balaban J connectivity index is 2.28. The second-order valence-electron chi connectivity index (χ2n) is 25.4. The maximum absolute atomic E-state index is 2.73. The van der Waals surface area contributed by atoms with Crippen LogP contribution in [0, 0.1) is 5.92 Å². The van der Waals surface area contributed by atoms with Crippen LogP contribution in [0.3, 0.4) is 0 Å². The molecule has 0 heteroatoms. The van der Waals surface area contributed by atoms with Crippen molar-refractivity contribution in [2.45, 2.75) is 439 Å². The molecule has 1 aromatic carbocycles. The third-order valence-electron chi connectivity index (χ3n) is 17.9.